The Bertz CT molecular complexity index is 689. The van der Waals surface area contributed by atoms with Crippen molar-refractivity contribution in [3.63, 3.8) is 0 Å². The summed E-state index contributed by atoms with van der Waals surface area (Å²) in [7, 11) is 0. The van der Waals surface area contributed by atoms with Crippen LogP contribution in [0.2, 0.25) is 0 Å². The Morgan fingerprint density at radius 2 is 1.81 bits per heavy atom. The lowest BCUT2D eigenvalue weighted by Crippen LogP contribution is -2.17. The molecule has 0 heterocycles. The Morgan fingerprint density at radius 3 is 2.43 bits per heavy atom. The van der Waals surface area contributed by atoms with Crippen LogP contribution in [0.25, 0.3) is 11.1 Å². The van der Waals surface area contributed by atoms with Crippen molar-refractivity contribution in [1.29, 1.82) is 5.26 Å². The standard InChI is InChI=1S/C15H9F4NO/c16-13-9-11(6-5-10(13)7-8-20)12-3-1-2-4-14(12)21-15(17,18)19/h1-6,9H,7H2. The minimum Gasteiger partial charge on any atom is -0.405 e. The average Bonchev–Trinajstić information content (AvgIpc) is 2.40. The van der Waals surface area contributed by atoms with Gasteiger partial charge in [-0.05, 0) is 17.7 Å². The van der Waals surface area contributed by atoms with Gasteiger partial charge in [-0.2, -0.15) is 5.26 Å². The molecule has 0 radical (unpaired) electrons. The monoisotopic (exact) mass is 295 g/mol. The molecular weight excluding hydrogens is 286 g/mol. The fourth-order valence-electron chi connectivity index (χ4n) is 1.86. The van der Waals surface area contributed by atoms with E-state index in [1.165, 1.54) is 30.3 Å². The van der Waals surface area contributed by atoms with Crippen LogP contribution >= 0.6 is 0 Å². The van der Waals surface area contributed by atoms with Crippen molar-refractivity contribution in [1.82, 2.24) is 0 Å². The zero-order valence-electron chi connectivity index (χ0n) is 10.6. The van der Waals surface area contributed by atoms with E-state index < -0.39 is 17.9 Å². The second-order valence-electron chi connectivity index (χ2n) is 4.19. The van der Waals surface area contributed by atoms with E-state index in [1.807, 2.05) is 6.07 Å². The lowest BCUT2D eigenvalue weighted by atomic mass is 10.0. The Morgan fingerprint density at radius 1 is 1.10 bits per heavy atom. The van der Waals surface area contributed by atoms with E-state index in [9.17, 15) is 17.6 Å². The minimum atomic E-state index is -4.82. The first kappa shape index (κ1) is 14.9. The maximum absolute atomic E-state index is 13.8. The molecule has 0 amide bonds. The molecule has 0 atom stereocenters. The van der Waals surface area contributed by atoms with Crippen LogP contribution in [0.3, 0.4) is 0 Å². The van der Waals surface area contributed by atoms with Gasteiger partial charge in [-0.25, -0.2) is 4.39 Å². The van der Waals surface area contributed by atoms with E-state index in [1.54, 1.807) is 0 Å². The van der Waals surface area contributed by atoms with E-state index in [-0.39, 0.29) is 23.1 Å². The summed E-state index contributed by atoms with van der Waals surface area (Å²) in [6, 6.07) is 11.2. The summed E-state index contributed by atoms with van der Waals surface area (Å²) in [6.07, 6.45) is -4.93. The van der Waals surface area contributed by atoms with Gasteiger partial charge in [0.05, 0.1) is 12.5 Å². The highest BCUT2D eigenvalue weighted by molar-refractivity contribution is 5.70. The van der Waals surface area contributed by atoms with Gasteiger partial charge in [-0.15, -0.1) is 13.2 Å². The van der Waals surface area contributed by atoms with Gasteiger partial charge < -0.3 is 4.74 Å². The molecule has 0 spiro atoms. The third kappa shape index (κ3) is 3.72. The molecule has 0 bridgehead atoms. The van der Waals surface area contributed by atoms with E-state index >= 15 is 0 Å². The third-order valence-corrected chi connectivity index (χ3v) is 2.75. The van der Waals surface area contributed by atoms with Crippen LogP contribution in [0, 0.1) is 17.1 Å². The molecule has 2 nitrogen and oxygen atoms in total. The van der Waals surface area contributed by atoms with Crippen LogP contribution in [0.15, 0.2) is 42.5 Å². The van der Waals surface area contributed by atoms with Crippen molar-refractivity contribution in [2.45, 2.75) is 12.8 Å². The molecule has 0 N–H and O–H groups in total. The molecule has 0 saturated heterocycles. The molecule has 0 unspecified atom stereocenters. The largest absolute Gasteiger partial charge is 0.573 e. The van der Waals surface area contributed by atoms with E-state index in [2.05, 4.69) is 4.74 Å². The predicted octanol–water partition coefficient (Wildman–Crippen LogP) is 4.46. The highest BCUT2D eigenvalue weighted by Gasteiger charge is 2.32. The lowest BCUT2D eigenvalue weighted by molar-refractivity contribution is -0.274. The van der Waals surface area contributed by atoms with Gasteiger partial charge in [-0.1, -0.05) is 30.3 Å². The summed E-state index contributed by atoms with van der Waals surface area (Å²) >= 11 is 0. The van der Waals surface area contributed by atoms with Gasteiger partial charge in [0, 0.05) is 11.1 Å². The maximum Gasteiger partial charge on any atom is 0.573 e. The normalized spacial score (nSPS) is 11.0. The molecule has 0 aromatic heterocycles. The molecular formula is C15H9F4NO. The number of hydrogen-bond acceptors (Lipinski definition) is 2. The van der Waals surface area contributed by atoms with E-state index in [0.29, 0.717) is 0 Å². The third-order valence-electron chi connectivity index (χ3n) is 2.75. The summed E-state index contributed by atoms with van der Waals surface area (Å²) < 4.78 is 54.8. The van der Waals surface area contributed by atoms with Crippen molar-refractivity contribution in [3.8, 4) is 22.9 Å². The number of ether oxygens (including phenoxy) is 1. The number of para-hydroxylation sites is 1. The van der Waals surface area contributed by atoms with Crippen LogP contribution in [0.1, 0.15) is 5.56 Å². The van der Waals surface area contributed by atoms with Crippen molar-refractivity contribution in [2.24, 2.45) is 0 Å². The van der Waals surface area contributed by atoms with Gasteiger partial charge in [0.25, 0.3) is 0 Å². The molecule has 2 aromatic rings. The molecule has 0 fully saturated rings. The molecule has 2 rings (SSSR count). The summed E-state index contributed by atoms with van der Waals surface area (Å²) in [4.78, 5) is 0. The molecule has 0 aliphatic rings. The highest BCUT2D eigenvalue weighted by atomic mass is 19.4. The average molecular weight is 295 g/mol. The predicted molar refractivity (Wildman–Crippen MR) is 67.8 cm³/mol. The smallest absolute Gasteiger partial charge is 0.405 e. The number of benzene rings is 2. The van der Waals surface area contributed by atoms with Gasteiger partial charge in [-0.3, -0.25) is 0 Å². The van der Waals surface area contributed by atoms with E-state index in [0.717, 1.165) is 12.1 Å². The van der Waals surface area contributed by atoms with Crippen LogP contribution in [-0.4, -0.2) is 6.36 Å². The topological polar surface area (TPSA) is 33.0 Å². The molecule has 6 heteroatoms. The SMILES string of the molecule is N#CCc1ccc(-c2ccccc2OC(F)(F)F)cc1F. The number of rotatable bonds is 3. The summed E-state index contributed by atoms with van der Waals surface area (Å²) in [6.45, 7) is 0. The van der Waals surface area contributed by atoms with Gasteiger partial charge in [0.15, 0.2) is 0 Å². The molecule has 0 aliphatic carbocycles. The minimum absolute atomic E-state index is 0.104. The van der Waals surface area contributed by atoms with Crippen LogP contribution < -0.4 is 4.74 Å². The Balaban J connectivity index is 2.43. The first-order valence-electron chi connectivity index (χ1n) is 5.91. The van der Waals surface area contributed by atoms with Crippen LogP contribution in [0.4, 0.5) is 17.6 Å². The van der Waals surface area contributed by atoms with Gasteiger partial charge in [0.2, 0.25) is 0 Å². The zero-order chi connectivity index (χ0) is 15.5. The first-order chi connectivity index (χ1) is 9.90. The van der Waals surface area contributed by atoms with Gasteiger partial charge >= 0.3 is 6.36 Å². The van der Waals surface area contributed by atoms with Crippen LogP contribution in [-0.2, 0) is 6.42 Å². The molecule has 0 saturated carbocycles. The molecule has 2 aromatic carbocycles. The Labute approximate surface area is 118 Å². The number of halogens is 4. The number of alkyl halides is 3. The first-order valence-corrected chi connectivity index (χ1v) is 5.91. The van der Waals surface area contributed by atoms with Crippen molar-refractivity contribution < 1.29 is 22.3 Å². The second kappa shape index (κ2) is 5.83. The fourth-order valence-corrected chi connectivity index (χ4v) is 1.86. The summed E-state index contributed by atoms with van der Waals surface area (Å²) in [5.41, 5.74) is 0.557. The molecule has 0 aliphatic heterocycles. The lowest BCUT2D eigenvalue weighted by Gasteiger charge is -2.13. The summed E-state index contributed by atoms with van der Waals surface area (Å²) in [5, 5.41) is 8.54. The number of nitriles is 1. The number of nitrogens with zero attached hydrogens (tertiary/aromatic N) is 1. The second-order valence-corrected chi connectivity index (χ2v) is 4.19. The van der Waals surface area contributed by atoms with Crippen LogP contribution in [0.5, 0.6) is 5.75 Å². The van der Waals surface area contributed by atoms with E-state index in [4.69, 9.17) is 5.26 Å². The Kier molecular flexibility index (Phi) is 4.13. The van der Waals surface area contributed by atoms with Crippen molar-refractivity contribution in [2.75, 3.05) is 0 Å². The quantitative estimate of drug-likeness (QED) is 0.783. The highest BCUT2D eigenvalue weighted by Crippen LogP contribution is 2.34. The summed E-state index contributed by atoms with van der Waals surface area (Å²) in [5.74, 6) is -1.05. The molecule has 21 heavy (non-hydrogen) atoms. The zero-order valence-corrected chi connectivity index (χ0v) is 10.6. The maximum atomic E-state index is 13.8. The van der Waals surface area contributed by atoms with Crippen molar-refractivity contribution in [3.05, 3.63) is 53.8 Å². The molecule has 108 valence electrons. The Hall–Kier alpha value is -2.55. The number of hydrogen-bond donors (Lipinski definition) is 0. The van der Waals surface area contributed by atoms with Crippen molar-refractivity contribution >= 4 is 0 Å². The van der Waals surface area contributed by atoms with Gasteiger partial charge in [0.1, 0.15) is 11.6 Å². The fraction of sp³-hybridized carbons (Fsp3) is 0.133.